The Labute approximate surface area is 105 Å². The largest absolute Gasteiger partial charge is 0.469 e. The van der Waals surface area contributed by atoms with Crippen LogP contribution in [-0.2, 0) is 14.0 Å². The number of ether oxygens (including phenoxy) is 1. The second kappa shape index (κ2) is 5.36. The lowest BCUT2D eigenvalue weighted by molar-refractivity contribution is -0.151. The van der Waals surface area contributed by atoms with Crippen LogP contribution >= 0.6 is 0 Å². The standard InChI is InChI=1S/C13H24O3Si/c1-11(12(14)15-2)13(16-17(3,4)5)9-7-6-8-10-13/h7,9,11H,6,8,10H2,1-5H3. The van der Waals surface area contributed by atoms with E-state index in [2.05, 4.69) is 31.8 Å². The van der Waals surface area contributed by atoms with Crippen molar-refractivity contribution in [2.24, 2.45) is 5.92 Å². The topological polar surface area (TPSA) is 35.5 Å². The zero-order valence-corrected chi connectivity index (χ0v) is 12.6. The smallest absolute Gasteiger partial charge is 0.311 e. The summed E-state index contributed by atoms with van der Waals surface area (Å²) in [7, 11) is -0.259. The molecule has 3 nitrogen and oxygen atoms in total. The Morgan fingerprint density at radius 1 is 1.41 bits per heavy atom. The fraction of sp³-hybridized carbons (Fsp3) is 0.769. The van der Waals surface area contributed by atoms with E-state index in [1.54, 1.807) is 0 Å². The van der Waals surface area contributed by atoms with Crippen molar-refractivity contribution in [3.05, 3.63) is 12.2 Å². The van der Waals surface area contributed by atoms with E-state index in [0.29, 0.717) is 0 Å². The number of esters is 1. The number of carbonyl (C=O) groups excluding carboxylic acids is 1. The van der Waals surface area contributed by atoms with Crippen LogP contribution in [0.3, 0.4) is 0 Å². The maximum atomic E-state index is 11.8. The number of methoxy groups -OCH3 is 1. The van der Waals surface area contributed by atoms with Gasteiger partial charge in [0.25, 0.3) is 0 Å². The highest BCUT2D eigenvalue weighted by molar-refractivity contribution is 6.69. The number of carbonyl (C=O) groups is 1. The maximum absolute atomic E-state index is 11.8. The lowest BCUT2D eigenvalue weighted by Gasteiger charge is -2.42. The minimum atomic E-state index is -1.70. The Morgan fingerprint density at radius 2 is 2.06 bits per heavy atom. The van der Waals surface area contributed by atoms with Gasteiger partial charge in [-0.05, 0) is 45.8 Å². The van der Waals surface area contributed by atoms with Crippen LogP contribution in [0.2, 0.25) is 19.6 Å². The Balaban J connectivity index is 2.97. The van der Waals surface area contributed by atoms with Gasteiger partial charge in [0.05, 0.1) is 18.6 Å². The Bertz CT molecular complexity index is 306. The molecule has 98 valence electrons. The summed E-state index contributed by atoms with van der Waals surface area (Å²) in [5, 5.41) is 0. The number of hydrogen-bond donors (Lipinski definition) is 0. The highest BCUT2D eigenvalue weighted by Gasteiger charge is 2.43. The van der Waals surface area contributed by atoms with Crippen LogP contribution < -0.4 is 0 Å². The predicted molar refractivity (Wildman–Crippen MR) is 71.3 cm³/mol. The zero-order chi connectivity index (χ0) is 13.1. The first-order chi connectivity index (χ1) is 7.81. The van der Waals surface area contributed by atoms with Crippen LogP contribution in [0, 0.1) is 5.92 Å². The SMILES string of the molecule is COC(=O)C(C)C1(O[Si](C)(C)C)C=CCCC1. The van der Waals surface area contributed by atoms with Gasteiger partial charge in [0.1, 0.15) is 0 Å². The first-order valence-corrected chi connectivity index (χ1v) is 9.67. The monoisotopic (exact) mass is 256 g/mol. The van der Waals surface area contributed by atoms with Crippen molar-refractivity contribution in [3.8, 4) is 0 Å². The van der Waals surface area contributed by atoms with E-state index in [-0.39, 0.29) is 11.9 Å². The molecule has 0 spiro atoms. The highest BCUT2D eigenvalue weighted by Crippen LogP contribution is 2.36. The van der Waals surface area contributed by atoms with Crippen LogP contribution in [0.1, 0.15) is 26.2 Å². The van der Waals surface area contributed by atoms with Crippen molar-refractivity contribution in [1.82, 2.24) is 0 Å². The molecule has 0 aliphatic heterocycles. The van der Waals surface area contributed by atoms with E-state index < -0.39 is 13.9 Å². The van der Waals surface area contributed by atoms with Gasteiger partial charge < -0.3 is 9.16 Å². The van der Waals surface area contributed by atoms with E-state index in [0.717, 1.165) is 19.3 Å². The summed E-state index contributed by atoms with van der Waals surface area (Å²) in [6, 6.07) is 0. The minimum Gasteiger partial charge on any atom is -0.469 e. The van der Waals surface area contributed by atoms with Crippen LogP contribution in [0.15, 0.2) is 12.2 Å². The Kier molecular flexibility index (Phi) is 4.55. The molecule has 0 aromatic carbocycles. The molecule has 1 aliphatic rings. The molecule has 1 rings (SSSR count). The predicted octanol–water partition coefficient (Wildman–Crippen LogP) is 3.13. The molecule has 2 unspecified atom stereocenters. The molecule has 0 bridgehead atoms. The van der Waals surface area contributed by atoms with Crippen molar-refractivity contribution in [3.63, 3.8) is 0 Å². The summed E-state index contributed by atoms with van der Waals surface area (Å²) in [5.41, 5.74) is -0.449. The Hall–Kier alpha value is -0.613. The lowest BCUT2D eigenvalue weighted by Crippen LogP contribution is -2.49. The van der Waals surface area contributed by atoms with Crippen molar-refractivity contribution in [2.45, 2.75) is 51.4 Å². The van der Waals surface area contributed by atoms with Crippen LogP contribution in [0.25, 0.3) is 0 Å². The summed E-state index contributed by atoms with van der Waals surface area (Å²) in [6.07, 6.45) is 7.26. The van der Waals surface area contributed by atoms with Crippen LogP contribution in [-0.4, -0.2) is 27.0 Å². The molecule has 0 saturated heterocycles. The van der Waals surface area contributed by atoms with Gasteiger partial charge in [-0.1, -0.05) is 12.2 Å². The molecular formula is C13H24O3Si. The summed E-state index contributed by atoms with van der Waals surface area (Å²) >= 11 is 0. The molecule has 0 radical (unpaired) electrons. The van der Waals surface area contributed by atoms with Gasteiger partial charge in [0.2, 0.25) is 0 Å². The molecule has 0 saturated carbocycles. The number of rotatable bonds is 4. The van der Waals surface area contributed by atoms with Crippen LogP contribution in [0.4, 0.5) is 0 Å². The van der Waals surface area contributed by atoms with E-state index in [1.165, 1.54) is 7.11 Å². The molecule has 4 heteroatoms. The molecular weight excluding hydrogens is 232 g/mol. The fourth-order valence-corrected chi connectivity index (χ4v) is 3.83. The fourth-order valence-electron chi connectivity index (χ4n) is 2.34. The van der Waals surface area contributed by atoms with E-state index in [9.17, 15) is 4.79 Å². The van der Waals surface area contributed by atoms with E-state index >= 15 is 0 Å². The summed E-state index contributed by atoms with van der Waals surface area (Å²) in [4.78, 5) is 11.8. The van der Waals surface area contributed by atoms with Crippen LogP contribution in [0.5, 0.6) is 0 Å². The molecule has 0 heterocycles. The van der Waals surface area contributed by atoms with Crippen molar-refractivity contribution < 1.29 is 14.0 Å². The van der Waals surface area contributed by atoms with Gasteiger partial charge in [-0.2, -0.15) is 0 Å². The molecule has 1 aliphatic carbocycles. The zero-order valence-electron chi connectivity index (χ0n) is 11.6. The molecule has 0 aromatic heterocycles. The number of allylic oxidation sites excluding steroid dienone is 1. The highest BCUT2D eigenvalue weighted by atomic mass is 28.4. The molecule has 0 amide bonds. The average Bonchev–Trinajstić information content (AvgIpc) is 2.26. The first kappa shape index (κ1) is 14.4. The van der Waals surface area contributed by atoms with Crippen molar-refractivity contribution in [1.29, 1.82) is 0 Å². The lowest BCUT2D eigenvalue weighted by atomic mass is 9.81. The van der Waals surface area contributed by atoms with Gasteiger partial charge in [-0.25, -0.2) is 0 Å². The molecule has 17 heavy (non-hydrogen) atoms. The third-order valence-electron chi connectivity index (χ3n) is 3.12. The summed E-state index contributed by atoms with van der Waals surface area (Å²) in [6.45, 7) is 8.37. The molecule has 0 aromatic rings. The quantitative estimate of drug-likeness (QED) is 0.440. The third-order valence-corrected chi connectivity index (χ3v) is 4.11. The van der Waals surface area contributed by atoms with Gasteiger partial charge in [0.15, 0.2) is 8.32 Å². The first-order valence-electron chi connectivity index (χ1n) is 6.26. The normalized spacial score (nSPS) is 26.6. The summed E-state index contributed by atoms with van der Waals surface area (Å²) < 4.78 is 11.2. The van der Waals surface area contributed by atoms with Gasteiger partial charge >= 0.3 is 5.97 Å². The minimum absolute atomic E-state index is 0.185. The molecule has 2 atom stereocenters. The third kappa shape index (κ3) is 3.68. The molecule has 0 N–H and O–H groups in total. The second-order valence-corrected chi connectivity index (χ2v) is 10.1. The van der Waals surface area contributed by atoms with E-state index in [1.807, 2.05) is 6.92 Å². The molecule has 0 fully saturated rings. The van der Waals surface area contributed by atoms with Gasteiger partial charge in [0, 0.05) is 0 Å². The second-order valence-electron chi connectivity index (χ2n) is 5.71. The Morgan fingerprint density at radius 3 is 2.47 bits per heavy atom. The van der Waals surface area contributed by atoms with E-state index in [4.69, 9.17) is 9.16 Å². The van der Waals surface area contributed by atoms with Gasteiger partial charge in [-0.3, -0.25) is 4.79 Å². The van der Waals surface area contributed by atoms with Crippen molar-refractivity contribution >= 4 is 14.3 Å². The van der Waals surface area contributed by atoms with Crippen molar-refractivity contribution in [2.75, 3.05) is 7.11 Å². The summed E-state index contributed by atoms with van der Waals surface area (Å²) in [5.74, 6) is -0.425. The average molecular weight is 256 g/mol. The van der Waals surface area contributed by atoms with Gasteiger partial charge in [-0.15, -0.1) is 0 Å². The maximum Gasteiger partial charge on any atom is 0.311 e. The number of hydrogen-bond acceptors (Lipinski definition) is 3.